The third kappa shape index (κ3) is 4.30. The fourth-order valence-electron chi connectivity index (χ4n) is 4.06. The number of hydrogen-bond donors (Lipinski definition) is 1. The van der Waals surface area contributed by atoms with Crippen molar-refractivity contribution in [2.75, 3.05) is 16.2 Å². The molecule has 172 valence electrons. The molecule has 1 N–H and O–H groups in total. The number of aromatic nitrogens is 2. The van der Waals surface area contributed by atoms with Gasteiger partial charge in [0, 0.05) is 11.6 Å². The SMILES string of the molecule is Cc1cc(C)cc(NS(=O)(=O)c2ccc3c(c2)N(Cc2noc(C4CCC4)n2)C(=O)CO3)c1. The normalized spacial score (nSPS) is 16.2. The van der Waals surface area contributed by atoms with Crippen molar-refractivity contribution in [1.29, 1.82) is 0 Å². The molecule has 9 nitrogen and oxygen atoms in total. The highest BCUT2D eigenvalue weighted by atomic mass is 32.2. The van der Waals surface area contributed by atoms with E-state index in [1.807, 2.05) is 19.9 Å². The summed E-state index contributed by atoms with van der Waals surface area (Å²) in [5, 5.41) is 4.01. The van der Waals surface area contributed by atoms with Crippen molar-refractivity contribution in [3.63, 3.8) is 0 Å². The average molecular weight is 469 g/mol. The van der Waals surface area contributed by atoms with E-state index in [1.165, 1.54) is 17.0 Å². The van der Waals surface area contributed by atoms with Crippen LogP contribution in [0.25, 0.3) is 0 Å². The summed E-state index contributed by atoms with van der Waals surface area (Å²) in [4.78, 5) is 18.5. The Morgan fingerprint density at radius 3 is 2.58 bits per heavy atom. The van der Waals surface area contributed by atoms with Crippen LogP contribution in [-0.2, 0) is 21.4 Å². The van der Waals surface area contributed by atoms with Gasteiger partial charge in [0.15, 0.2) is 12.4 Å². The van der Waals surface area contributed by atoms with Gasteiger partial charge >= 0.3 is 0 Å². The third-order valence-corrected chi connectivity index (χ3v) is 7.27. The zero-order chi connectivity index (χ0) is 23.2. The predicted octanol–water partition coefficient (Wildman–Crippen LogP) is 3.68. The second kappa shape index (κ2) is 8.18. The van der Waals surface area contributed by atoms with E-state index < -0.39 is 10.0 Å². The number of benzene rings is 2. The summed E-state index contributed by atoms with van der Waals surface area (Å²) in [6.07, 6.45) is 3.19. The van der Waals surface area contributed by atoms with Gasteiger partial charge in [-0.1, -0.05) is 17.6 Å². The van der Waals surface area contributed by atoms with Gasteiger partial charge in [-0.05, 0) is 68.1 Å². The Hall–Kier alpha value is -3.40. The maximum Gasteiger partial charge on any atom is 0.265 e. The number of rotatable bonds is 6. The summed E-state index contributed by atoms with van der Waals surface area (Å²) in [5.41, 5.74) is 2.73. The maximum absolute atomic E-state index is 13.1. The molecular formula is C23H24N4O5S. The Morgan fingerprint density at radius 2 is 1.88 bits per heavy atom. The molecule has 1 saturated carbocycles. The van der Waals surface area contributed by atoms with Crippen molar-refractivity contribution in [1.82, 2.24) is 10.1 Å². The smallest absolute Gasteiger partial charge is 0.265 e. The molecule has 0 saturated heterocycles. The Bertz CT molecular complexity index is 1310. The monoisotopic (exact) mass is 468 g/mol. The predicted molar refractivity (Wildman–Crippen MR) is 121 cm³/mol. The maximum atomic E-state index is 13.1. The van der Waals surface area contributed by atoms with E-state index in [9.17, 15) is 13.2 Å². The summed E-state index contributed by atoms with van der Waals surface area (Å²) in [7, 11) is -3.89. The summed E-state index contributed by atoms with van der Waals surface area (Å²) in [5.74, 6) is 1.36. The molecule has 3 aromatic rings. The highest BCUT2D eigenvalue weighted by Gasteiger charge is 2.30. The number of nitrogens with one attached hydrogen (secondary N) is 1. The highest BCUT2D eigenvalue weighted by Crippen LogP contribution is 2.37. The average Bonchev–Trinajstić information content (AvgIpc) is 3.15. The van der Waals surface area contributed by atoms with Crippen LogP contribution < -0.4 is 14.4 Å². The molecule has 0 unspecified atom stereocenters. The van der Waals surface area contributed by atoms with Gasteiger partial charge in [-0.15, -0.1) is 0 Å². The van der Waals surface area contributed by atoms with E-state index in [2.05, 4.69) is 14.9 Å². The van der Waals surface area contributed by atoms with Crippen LogP contribution >= 0.6 is 0 Å². The van der Waals surface area contributed by atoms with E-state index in [0.29, 0.717) is 28.8 Å². The molecule has 2 aliphatic rings. The molecule has 5 rings (SSSR count). The van der Waals surface area contributed by atoms with Crippen LogP contribution in [0.5, 0.6) is 5.75 Å². The second-order valence-corrected chi connectivity index (χ2v) is 10.2. The Kier molecular flexibility index (Phi) is 5.32. The van der Waals surface area contributed by atoms with Crippen LogP contribution in [0.3, 0.4) is 0 Å². The minimum Gasteiger partial charge on any atom is -0.482 e. The number of carbonyl (C=O) groups excluding carboxylic acids is 1. The van der Waals surface area contributed by atoms with Gasteiger partial charge in [0.25, 0.3) is 15.9 Å². The number of anilines is 2. The van der Waals surface area contributed by atoms with Crippen molar-refractivity contribution in [2.45, 2.75) is 50.5 Å². The van der Waals surface area contributed by atoms with E-state index in [1.54, 1.807) is 18.2 Å². The fourth-order valence-corrected chi connectivity index (χ4v) is 5.12. The molecule has 1 aliphatic heterocycles. The van der Waals surface area contributed by atoms with Crippen molar-refractivity contribution < 1.29 is 22.5 Å². The molecule has 2 heterocycles. The summed E-state index contributed by atoms with van der Waals surface area (Å²) >= 11 is 0. The third-order valence-electron chi connectivity index (χ3n) is 5.90. The first-order chi connectivity index (χ1) is 15.8. The van der Waals surface area contributed by atoms with Gasteiger partial charge in [-0.2, -0.15) is 4.98 Å². The quantitative estimate of drug-likeness (QED) is 0.587. The number of sulfonamides is 1. The zero-order valence-electron chi connectivity index (χ0n) is 18.4. The lowest BCUT2D eigenvalue weighted by molar-refractivity contribution is -0.121. The minimum atomic E-state index is -3.89. The van der Waals surface area contributed by atoms with Crippen molar-refractivity contribution >= 4 is 27.3 Å². The van der Waals surface area contributed by atoms with Gasteiger partial charge in [-0.25, -0.2) is 8.42 Å². The Morgan fingerprint density at radius 1 is 1.12 bits per heavy atom. The molecule has 1 aromatic heterocycles. The standard InChI is InChI=1S/C23H24N4O5S/c1-14-8-15(2)10-17(9-14)26-33(29,30)18-6-7-20-19(11-18)27(22(28)13-31-20)12-21-24-23(32-25-21)16-4-3-5-16/h6-11,16,26H,3-5,12-13H2,1-2H3. The molecule has 33 heavy (non-hydrogen) atoms. The second-order valence-electron chi connectivity index (χ2n) is 8.56. The Labute approximate surface area is 191 Å². The van der Waals surface area contributed by atoms with Gasteiger partial charge in [0.2, 0.25) is 5.89 Å². The van der Waals surface area contributed by atoms with Crippen LogP contribution in [0.2, 0.25) is 0 Å². The molecule has 1 aliphatic carbocycles. The zero-order valence-corrected chi connectivity index (χ0v) is 19.2. The van der Waals surface area contributed by atoms with Gasteiger partial charge in [-0.3, -0.25) is 14.4 Å². The molecule has 0 atom stereocenters. The van der Waals surface area contributed by atoms with E-state index in [-0.39, 0.29) is 29.9 Å². The van der Waals surface area contributed by atoms with E-state index >= 15 is 0 Å². The highest BCUT2D eigenvalue weighted by molar-refractivity contribution is 7.92. The van der Waals surface area contributed by atoms with E-state index in [4.69, 9.17) is 9.26 Å². The lowest BCUT2D eigenvalue weighted by atomic mass is 9.85. The summed E-state index contributed by atoms with van der Waals surface area (Å²) in [6, 6.07) is 9.94. The molecule has 1 fully saturated rings. The molecular weight excluding hydrogens is 444 g/mol. The van der Waals surface area contributed by atoms with Gasteiger partial charge < -0.3 is 9.26 Å². The van der Waals surface area contributed by atoms with Crippen LogP contribution in [-0.4, -0.2) is 31.1 Å². The first-order valence-corrected chi connectivity index (χ1v) is 12.3. The molecule has 10 heteroatoms. The number of hydrogen-bond acceptors (Lipinski definition) is 7. The number of amides is 1. The molecule has 0 radical (unpaired) electrons. The Balaban J connectivity index is 1.43. The first kappa shape index (κ1) is 21.4. The van der Waals surface area contributed by atoms with Crippen LogP contribution in [0.15, 0.2) is 45.8 Å². The molecule has 1 amide bonds. The van der Waals surface area contributed by atoms with Crippen molar-refractivity contribution in [2.24, 2.45) is 0 Å². The largest absolute Gasteiger partial charge is 0.482 e. The first-order valence-electron chi connectivity index (χ1n) is 10.8. The number of nitrogens with zero attached hydrogens (tertiary/aromatic N) is 3. The van der Waals surface area contributed by atoms with Crippen LogP contribution in [0.1, 0.15) is 48.0 Å². The van der Waals surface area contributed by atoms with Crippen LogP contribution in [0, 0.1) is 13.8 Å². The van der Waals surface area contributed by atoms with Crippen LogP contribution in [0.4, 0.5) is 11.4 Å². The topological polar surface area (TPSA) is 115 Å². The molecule has 2 aromatic carbocycles. The fraction of sp³-hybridized carbons (Fsp3) is 0.348. The number of ether oxygens (including phenoxy) is 1. The number of fused-ring (bicyclic) bond motifs is 1. The molecule has 0 bridgehead atoms. The number of carbonyl (C=O) groups is 1. The molecule has 0 spiro atoms. The van der Waals surface area contributed by atoms with Crippen molar-refractivity contribution in [3.05, 3.63) is 59.2 Å². The number of aryl methyl sites for hydroxylation is 2. The minimum absolute atomic E-state index is 0.0204. The van der Waals surface area contributed by atoms with E-state index in [0.717, 1.165) is 30.4 Å². The van der Waals surface area contributed by atoms with Gasteiger partial charge in [0.1, 0.15) is 5.75 Å². The summed E-state index contributed by atoms with van der Waals surface area (Å²) < 4.78 is 39.7. The lowest BCUT2D eigenvalue weighted by Crippen LogP contribution is -2.38. The summed E-state index contributed by atoms with van der Waals surface area (Å²) in [6.45, 7) is 3.73. The van der Waals surface area contributed by atoms with Gasteiger partial charge in [0.05, 0.1) is 17.1 Å². The van der Waals surface area contributed by atoms with Crippen molar-refractivity contribution in [3.8, 4) is 5.75 Å². The lowest BCUT2D eigenvalue weighted by Gasteiger charge is -2.28.